The first kappa shape index (κ1) is 16.0. The smallest absolute Gasteiger partial charge is 0.276 e. The number of imidazole rings is 1. The van der Waals surface area contributed by atoms with Gasteiger partial charge in [-0.05, 0) is 31.0 Å². The number of rotatable bonds is 3. The average molecular weight is 341 g/mol. The van der Waals surface area contributed by atoms with E-state index < -0.39 is 0 Å². The normalized spacial score (nSPS) is 20.4. The number of halogens is 1. The molecule has 0 saturated carbocycles. The standard InChI is InChI=1S/C19H20FN3O2/c1-13-10-23-16(9-21-18(23)19(2)6-7-25-12-19)17(24)22(13)11-14-4-3-5-15(20)8-14/h3-5,8-10H,6-7,11-12H2,1-2H3/t19-/m1/s1. The minimum Gasteiger partial charge on any atom is -0.380 e. The molecule has 2 aromatic heterocycles. The van der Waals surface area contributed by atoms with Crippen LogP contribution in [0.2, 0.25) is 0 Å². The second kappa shape index (κ2) is 5.81. The molecular weight excluding hydrogens is 321 g/mol. The molecule has 0 amide bonds. The van der Waals surface area contributed by atoms with E-state index in [9.17, 15) is 9.18 Å². The summed E-state index contributed by atoms with van der Waals surface area (Å²) in [4.78, 5) is 17.5. The number of ether oxygens (including phenoxy) is 1. The largest absolute Gasteiger partial charge is 0.380 e. The Bertz CT molecular complexity index is 1000. The molecule has 0 unspecified atom stereocenters. The molecule has 0 N–H and O–H groups in total. The molecule has 1 aliphatic rings. The van der Waals surface area contributed by atoms with Gasteiger partial charge in [-0.15, -0.1) is 0 Å². The molecule has 4 rings (SSSR count). The minimum atomic E-state index is -0.301. The minimum absolute atomic E-state index is 0.120. The molecule has 1 atom stereocenters. The van der Waals surface area contributed by atoms with Crippen molar-refractivity contribution in [1.29, 1.82) is 0 Å². The first-order valence-electron chi connectivity index (χ1n) is 8.38. The van der Waals surface area contributed by atoms with E-state index in [0.29, 0.717) is 25.3 Å². The summed E-state index contributed by atoms with van der Waals surface area (Å²) < 4.78 is 22.5. The summed E-state index contributed by atoms with van der Waals surface area (Å²) >= 11 is 0. The van der Waals surface area contributed by atoms with E-state index in [1.807, 2.05) is 23.6 Å². The molecule has 1 saturated heterocycles. The Morgan fingerprint density at radius 3 is 2.96 bits per heavy atom. The molecule has 1 aromatic carbocycles. The third-order valence-corrected chi connectivity index (χ3v) is 4.99. The molecule has 0 radical (unpaired) electrons. The molecule has 3 aromatic rings. The van der Waals surface area contributed by atoms with Gasteiger partial charge in [0, 0.05) is 18.5 Å². The van der Waals surface area contributed by atoms with Crippen molar-refractivity contribution in [3.8, 4) is 0 Å². The molecule has 0 spiro atoms. The number of hydrogen-bond acceptors (Lipinski definition) is 3. The van der Waals surface area contributed by atoms with Gasteiger partial charge in [-0.3, -0.25) is 9.20 Å². The maximum Gasteiger partial charge on any atom is 0.276 e. The lowest BCUT2D eigenvalue weighted by molar-refractivity contribution is 0.179. The topological polar surface area (TPSA) is 48.5 Å². The lowest BCUT2D eigenvalue weighted by atomic mass is 9.89. The first-order chi connectivity index (χ1) is 12.0. The molecule has 25 heavy (non-hydrogen) atoms. The number of nitrogens with zero attached hydrogens (tertiary/aromatic N) is 3. The quantitative estimate of drug-likeness (QED) is 0.736. The van der Waals surface area contributed by atoms with Crippen LogP contribution in [0.4, 0.5) is 4.39 Å². The van der Waals surface area contributed by atoms with Crippen LogP contribution < -0.4 is 5.56 Å². The Labute approximate surface area is 144 Å². The fourth-order valence-electron chi connectivity index (χ4n) is 3.51. The van der Waals surface area contributed by atoms with E-state index >= 15 is 0 Å². The lowest BCUT2D eigenvalue weighted by Crippen LogP contribution is -2.28. The third kappa shape index (κ3) is 2.66. The summed E-state index contributed by atoms with van der Waals surface area (Å²) in [5, 5.41) is 0. The Balaban J connectivity index is 1.82. The van der Waals surface area contributed by atoms with Gasteiger partial charge >= 0.3 is 0 Å². The van der Waals surface area contributed by atoms with Crippen molar-refractivity contribution in [2.24, 2.45) is 0 Å². The van der Waals surface area contributed by atoms with Crippen LogP contribution in [0.25, 0.3) is 5.52 Å². The van der Waals surface area contributed by atoms with Gasteiger partial charge in [-0.25, -0.2) is 9.37 Å². The number of aromatic nitrogens is 3. The monoisotopic (exact) mass is 341 g/mol. The molecule has 6 heteroatoms. The molecule has 0 bridgehead atoms. The van der Waals surface area contributed by atoms with Crippen LogP contribution in [0.5, 0.6) is 0 Å². The van der Waals surface area contributed by atoms with E-state index in [-0.39, 0.29) is 16.8 Å². The average Bonchev–Trinajstić information content (AvgIpc) is 3.19. The predicted molar refractivity (Wildman–Crippen MR) is 92.5 cm³/mol. The van der Waals surface area contributed by atoms with E-state index in [2.05, 4.69) is 11.9 Å². The number of aryl methyl sites for hydroxylation is 1. The van der Waals surface area contributed by atoms with Crippen LogP contribution in [0, 0.1) is 12.7 Å². The van der Waals surface area contributed by atoms with Crippen LogP contribution in [-0.2, 0) is 16.7 Å². The molecular formula is C19H20FN3O2. The van der Waals surface area contributed by atoms with Crippen LogP contribution in [0.15, 0.2) is 41.5 Å². The second-order valence-electron chi connectivity index (χ2n) is 6.99. The van der Waals surface area contributed by atoms with Crippen molar-refractivity contribution >= 4 is 5.52 Å². The number of fused-ring (bicyclic) bond motifs is 1. The Morgan fingerprint density at radius 1 is 1.40 bits per heavy atom. The van der Waals surface area contributed by atoms with Crippen LogP contribution in [0.1, 0.15) is 30.4 Å². The van der Waals surface area contributed by atoms with Crippen LogP contribution in [-0.4, -0.2) is 27.2 Å². The maximum atomic E-state index is 13.4. The van der Waals surface area contributed by atoms with Gasteiger partial charge in [0.1, 0.15) is 17.2 Å². The highest BCUT2D eigenvalue weighted by Crippen LogP contribution is 2.31. The van der Waals surface area contributed by atoms with Crippen LogP contribution >= 0.6 is 0 Å². The molecule has 0 aliphatic carbocycles. The van der Waals surface area contributed by atoms with Gasteiger partial charge in [-0.1, -0.05) is 19.1 Å². The summed E-state index contributed by atoms with van der Waals surface area (Å²) in [5.41, 5.74) is 1.80. The van der Waals surface area contributed by atoms with Gasteiger partial charge in [0.25, 0.3) is 5.56 Å². The molecule has 130 valence electrons. The Morgan fingerprint density at radius 2 is 2.24 bits per heavy atom. The van der Waals surface area contributed by atoms with Crippen molar-refractivity contribution in [2.45, 2.75) is 32.2 Å². The maximum absolute atomic E-state index is 13.4. The van der Waals surface area contributed by atoms with Crippen molar-refractivity contribution in [3.63, 3.8) is 0 Å². The van der Waals surface area contributed by atoms with Crippen molar-refractivity contribution in [2.75, 3.05) is 13.2 Å². The van der Waals surface area contributed by atoms with Gasteiger partial charge in [0.2, 0.25) is 0 Å². The highest BCUT2D eigenvalue weighted by molar-refractivity contribution is 5.46. The number of benzene rings is 1. The Kier molecular flexibility index (Phi) is 3.72. The van der Waals surface area contributed by atoms with Crippen molar-refractivity contribution in [1.82, 2.24) is 14.0 Å². The van der Waals surface area contributed by atoms with Gasteiger partial charge in [0.15, 0.2) is 0 Å². The number of hydrogen-bond donors (Lipinski definition) is 0. The van der Waals surface area contributed by atoms with Crippen molar-refractivity contribution < 1.29 is 9.13 Å². The van der Waals surface area contributed by atoms with Gasteiger partial charge in [-0.2, -0.15) is 0 Å². The highest BCUT2D eigenvalue weighted by atomic mass is 19.1. The van der Waals surface area contributed by atoms with Crippen LogP contribution in [0.3, 0.4) is 0 Å². The zero-order valence-corrected chi connectivity index (χ0v) is 14.3. The summed E-state index contributed by atoms with van der Waals surface area (Å²) in [7, 11) is 0. The zero-order valence-electron chi connectivity index (χ0n) is 14.3. The summed E-state index contributed by atoms with van der Waals surface area (Å²) in [6.45, 7) is 5.65. The second-order valence-corrected chi connectivity index (χ2v) is 6.99. The first-order valence-corrected chi connectivity index (χ1v) is 8.38. The van der Waals surface area contributed by atoms with Gasteiger partial charge in [0.05, 0.1) is 24.8 Å². The Hall–Kier alpha value is -2.47. The predicted octanol–water partition coefficient (Wildman–Crippen LogP) is 2.67. The molecule has 5 nitrogen and oxygen atoms in total. The summed E-state index contributed by atoms with van der Waals surface area (Å²) in [6.07, 6.45) is 4.45. The van der Waals surface area contributed by atoms with E-state index in [4.69, 9.17) is 4.74 Å². The SMILES string of the molecule is Cc1cn2c([C@]3(C)CCOC3)ncc2c(=O)n1Cc1cccc(F)c1. The third-order valence-electron chi connectivity index (χ3n) is 4.99. The lowest BCUT2D eigenvalue weighted by Gasteiger charge is -2.21. The van der Waals surface area contributed by atoms with E-state index in [0.717, 1.165) is 23.5 Å². The van der Waals surface area contributed by atoms with Crippen molar-refractivity contribution in [3.05, 3.63) is 69.9 Å². The fourth-order valence-corrected chi connectivity index (χ4v) is 3.51. The van der Waals surface area contributed by atoms with E-state index in [1.54, 1.807) is 16.8 Å². The van der Waals surface area contributed by atoms with Gasteiger partial charge < -0.3 is 9.30 Å². The fraction of sp³-hybridized carbons (Fsp3) is 0.368. The van der Waals surface area contributed by atoms with E-state index in [1.165, 1.54) is 12.1 Å². The molecule has 1 aliphatic heterocycles. The molecule has 1 fully saturated rings. The highest BCUT2D eigenvalue weighted by Gasteiger charge is 2.35. The summed E-state index contributed by atoms with van der Waals surface area (Å²) in [5.74, 6) is 0.559. The molecule has 3 heterocycles. The summed E-state index contributed by atoms with van der Waals surface area (Å²) in [6, 6.07) is 6.32. The zero-order chi connectivity index (χ0) is 17.6.